The zero-order chi connectivity index (χ0) is 31.6. The minimum atomic E-state index is 0. The zero-order valence-electron chi connectivity index (χ0n) is 25.8. The molecule has 0 unspecified atom stereocenters. The van der Waals surface area contributed by atoms with Crippen molar-refractivity contribution in [2.45, 2.75) is 0 Å². The van der Waals surface area contributed by atoms with Gasteiger partial charge in [-0.1, -0.05) is 65.4 Å². The van der Waals surface area contributed by atoms with Crippen LogP contribution in [0.1, 0.15) is 0 Å². The van der Waals surface area contributed by atoms with E-state index in [2.05, 4.69) is 99.5 Å². The summed E-state index contributed by atoms with van der Waals surface area (Å²) in [6.45, 7) is 0. The van der Waals surface area contributed by atoms with Crippen LogP contribution in [0, 0.1) is 12.1 Å². The Labute approximate surface area is 294 Å². The van der Waals surface area contributed by atoms with E-state index >= 15 is 0 Å². The van der Waals surface area contributed by atoms with Gasteiger partial charge in [0.05, 0.1) is 22.4 Å². The average Bonchev–Trinajstić information content (AvgIpc) is 3.91. The molecule has 0 atom stereocenters. The smallest absolute Gasteiger partial charge is 0.503 e. The second kappa shape index (κ2) is 11.6. The molecule has 0 saturated heterocycles. The van der Waals surface area contributed by atoms with Crippen LogP contribution < -0.4 is 4.74 Å². The SMILES string of the molecule is [Pt+2].[c-]1c(Oc2[c-]c3c(cc2)c2cccnc2n2ccnc32)cccc1-n1ccc(-c2ccc3c(c2)c2ccccc2n3-c2ccccc2)n1. The summed E-state index contributed by atoms with van der Waals surface area (Å²) in [6, 6.07) is 48.2. The molecule has 0 spiro atoms. The third kappa shape index (κ3) is 4.73. The number of hydrogen-bond donors (Lipinski definition) is 0. The van der Waals surface area contributed by atoms with Crippen molar-refractivity contribution in [3.05, 3.63) is 158 Å². The Bertz CT molecular complexity index is 2830. The molecule has 0 saturated carbocycles. The fraction of sp³-hybridized carbons (Fsp3) is 0. The average molecular weight is 812 g/mol. The molecular weight excluding hydrogens is 788 g/mol. The van der Waals surface area contributed by atoms with Crippen LogP contribution in [-0.4, -0.2) is 28.7 Å². The van der Waals surface area contributed by atoms with Gasteiger partial charge in [-0.15, -0.1) is 30.3 Å². The van der Waals surface area contributed by atoms with Gasteiger partial charge in [0.15, 0.2) is 0 Å². The number of aromatic nitrogens is 6. The molecule has 0 amide bonds. The second-order valence-electron chi connectivity index (χ2n) is 11.7. The molecule has 0 radical (unpaired) electrons. The predicted octanol–water partition coefficient (Wildman–Crippen LogP) is 9.38. The Morgan fingerprint density at radius 3 is 2.33 bits per heavy atom. The van der Waals surface area contributed by atoms with Crippen molar-refractivity contribution in [1.82, 2.24) is 28.7 Å². The van der Waals surface area contributed by atoms with Crippen molar-refractivity contribution in [3.63, 3.8) is 0 Å². The number of hydrogen-bond acceptors (Lipinski definition) is 4. The number of fused-ring (bicyclic) bond motifs is 9. The number of ether oxygens (including phenoxy) is 1. The van der Waals surface area contributed by atoms with Crippen molar-refractivity contribution < 1.29 is 25.8 Å². The molecule has 0 aliphatic carbocycles. The maximum Gasteiger partial charge on any atom is 2.00 e. The van der Waals surface area contributed by atoms with Crippen molar-refractivity contribution in [2.75, 3.05) is 0 Å². The molecule has 5 heterocycles. The fourth-order valence-electron chi connectivity index (χ4n) is 6.74. The van der Waals surface area contributed by atoms with E-state index < -0.39 is 0 Å². The largest absolute Gasteiger partial charge is 2.00 e. The number of rotatable bonds is 5. The van der Waals surface area contributed by atoms with Crippen molar-refractivity contribution >= 4 is 49.3 Å². The summed E-state index contributed by atoms with van der Waals surface area (Å²) in [6.07, 6.45) is 7.45. The van der Waals surface area contributed by atoms with Crippen LogP contribution in [0.2, 0.25) is 0 Å². The number of imidazole rings is 1. The molecule has 0 bridgehead atoms. The summed E-state index contributed by atoms with van der Waals surface area (Å²) >= 11 is 0. The van der Waals surface area contributed by atoms with E-state index in [9.17, 15) is 0 Å². The maximum atomic E-state index is 6.30. The molecule has 7 nitrogen and oxygen atoms in total. The quantitative estimate of drug-likeness (QED) is 0.129. The number of para-hydroxylation sites is 2. The Kier molecular flexibility index (Phi) is 6.88. The van der Waals surface area contributed by atoms with Gasteiger partial charge < -0.3 is 13.7 Å². The van der Waals surface area contributed by atoms with Gasteiger partial charge in [-0.2, -0.15) is 11.2 Å². The Morgan fingerprint density at radius 1 is 0.571 bits per heavy atom. The molecule has 234 valence electrons. The summed E-state index contributed by atoms with van der Waals surface area (Å²) < 4.78 is 12.4. The van der Waals surface area contributed by atoms with Crippen molar-refractivity contribution in [3.8, 4) is 34.1 Å². The first-order valence-corrected chi connectivity index (χ1v) is 15.7. The normalized spacial score (nSPS) is 11.5. The first-order chi connectivity index (χ1) is 23.8. The molecule has 10 aromatic rings. The van der Waals surface area contributed by atoms with Gasteiger partial charge in [0.1, 0.15) is 5.65 Å². The first-order valence-electron chi connectivity index (χ1n) is 15.7. The van der Waals surface area contributed by atoms with Crippen molar-refractivity contribution in [2.24, 2.45) is 0 Å². The van der Waals surface area contributed by atoms with Crippen LogP contribution in [0.25, 0.3) is 71.9 Å². The van der Waals surface area contributed by atoms with E-state index in [1.54, 1.807) is 12.4 Å². The van der Waals surface area contributed by atoms with Gasteiger partial charge in [-0.3, -0.25) is 9.67 Å². The number of nitrogens with zero attached hydrogens (tertiary/aromatic N) is 6. The molecule has 0 N–H and O–H groups in total. The van der Waals surface area contributed by atoms with Gasteiger partial charge >= 0.3 is 21.1 Å². The topological polar surface area (TPSA) is 62.2 Å². The molecule has 5 aromatic heterocycles. The number of benzene rings is 5. The molecule has 8 heteroatoms. The van der Waals surface area contributed by atoms with Crippen LogP contribution in [0.5, 0.6) is 11.5 Å². The van der Waals surface area contributed by atoms with E-state index in [4.69, 9.17) is 9.84 Å². The van der Waals surface area contributed by atoms with Gasteiger partial charge in [0.25, 0.3) is 0 Å². The summed E-state index contributed by atoms with van der Waals surface area (Å²) in [4.78, 5) is 9.17. The van der Waals surface area contributed by atoms with Crippen LogP contribution >= 0.6 is 0 Å². The minimum absolute atomic E-state index is 0. The van der Waals surface area contributed by atoms with Gasteiger partial charge in [-0.25, -0.2) is 4.98 Å². The van der Waals surface area contributed by atoms with Gasteiger partial charge in [0, 0.05) is 58.3 Å². The van der Waals surface area contributed by atoms with E-state index in [1.165, 1.54) is 16.3 Å². The van der Waals surface area contributed by atoms with E-state index in [1.807, 2.05) is 70.0 Å². The predicted molar refractivity (Wildman–Crippen MR) is 189 cm³/mol. The Balaban J connectivity index is 0.00000325. The van der Waals surface area contributed by atoms with Crippen LogP contribution in [0.4, 0.5) is 0 Å². The molecule has 0 aliphatic heterocycles. The minimum Gasteiger partial charge on any atom is -0.503 e. The Morgan fingerprint density at radius 2 is 1.39 bits per heavy atom. The van der Waals surface area contributed by atoms with Gasteiger partial charge in [-0.05, 0) is 53.5 Å². The molecule has 0 fully saturated rings. The summed E-state index contributed by atoms with van der Waals surface area (Å²) in [5, 5.41) is 10.3. The summed E-state index contributed by atoms with van der Waals surface area (Å²) in [5.41, 5.74) is 7.81. The number of pyridine rings is 2. The molecule has 5 aromatic carbocycles. The van der Waals surface area contributed by atoms with Gasteiger partial charge in [0.2, 0.25) is 0 Å². The molecule has 0 aliphatic rings. The van der Waals surface area contributed by atoms with E-state index in [0.717, 1.165) is 55.6 Å². The Hall–Kier alpha value is -6.04. The first kappa shape index (κ1) is 29.1. The van der Waals surface area contributed by atoms with Crippen LogP contribution in [0.3, 0.4) is 0 Å². The van der Waals surface area contributed by atoms with Crippen LogP contribution in [-0.2, 0) is 21.1 Å². The van der Waals surface area contributed by atoms with E-state index in [0.29, 0.717) is 11.5 Å². The third-order valence-electron chi connectivity index (χ3n) is 8.88. The fourth-order valence-corrected chi connectivity index (χ4v) is 6.74. The summed E-state index contributed by atoms with van der Waals surface area (Å²) in [5.74, 6) is 1.14. The van der Waals surface area contributed by atoms with Crippen molar-refractivity contribution in [1.29, 1.82) is 0 Å². The standard InChI is InChI=1S/C41H24N6O.Pt/c1-2-8-28(9-3-1)47-38-14-5-4-12-33(38)35-24-27(15-18-39(35)47)37-19-22-46(44-37)29-10-6-11-30(25-29)48-31-16-17-32-34-13-7-20-42-40(34)45-23-21-43-41(45)36(32)26-31;/h1-24H;/q-2;+2. The molecule has 49 heavy (non-hydrogen) atoms. The summed E-state index contributed by atoms with van der Waals surface area (Å²) in [7, 11) is 0. The second-order valence-corrected chi connectivity index (χ2v) is 11.7. The molecule has 10 rings (SSSR count). The van der Waals surface area contributed by atoms with E-state index in [-0.39, 0.29) is 21.1 Å². The molecular formula is C41H24N6OPt. The zero-order valence-corrected chi connectivity index (χ0v) is 28.0. The monoisotopic (exact) mass is 811 g/mol. The third-order valence-corrected chi connectivity index (χ3v) is 8.88. The maximum absolute atomic E-state index is 6.30. The van der Waals surface area contributed by atoms with Crippen LogP contribution in [0.15, 0.2) is 146 Å².